The summed E-state index contributed by atoms with van der Waals surface area (Å²) in [6, 6.07) is 14.4. The zero-order valence-corrected chi connectivity index (χ0v) is 17.3. The molecular weight excluding hydrogens is 406 g/mol. The number of amides is 2. The number of esters is 1. The highest BCUT2D eigenvalue weighted by molar-refractivity contribution is 7.89. The maximum Gasteiger partial charge on any atom is 0.337 e. The number of carbonyl (C=O) groups is 2. The molecule has 2 bridgehead atoms. The minimum atomic E-state index is -3.58. The average molecular weight is 429 g/mol. The summed E-state index contributed by atoms with van der Waals surface area (Å²) in [6.07, 6.45) is 1.34. The first-order chi connectivity index (χ1) is 14.4. The number of fused-ring (bicyclic) bond motifs is 2. The summed E-state index contributed by atoms with van der Waals surface area (Å²) in [7, 11) is -2.28. The molecule has 3 atom stereocenters. The lowest BCUT2D eigenvalue weighted by Gasteiger charge is -2.31. The van der Waals surface area contributed by atoms with Gasteiger partial charge in [0, 0.05) is 24.3 Å². The number of rotatable bonds is 5. The van der Waals surface area contributed by atoms with E-state index in [9.17, 15) is 18.0 Å². The summed E-state index contributed by atoms with van der Waals surface area (Å²) >= 11 is 0. The smallest absolute Gasteiger partial charge is 0.337 e. The molecule has 2 amide bonds. The molecule has 1 aliphatic heterocycles. The molecule has 1 saturated heterocycles. The van der Waals surface area contributed by atoms with E-state index >= 15 is 0 Å². The number of sulfonamides is 1. The van der Waals surface area contributed by atoms with Crippen LogP contribution in [-0.2, 0) is 14.8 Å². The van der Waals surface area contributed by atoms with Crippen LogP contribution in [0.2, 0.25) is 0 Å². The molecule has 2 fully saturated rings. The summed E-state index contributed by atoms with van der Waals surface area (Å²) < 4.78 is 32.7. The predicted octanol–water partition coefficient (Wildman–Crippen LogP) is 2.45. The van der Waals surface area contributed by atoms with E-state index in [0.29, 0.717) is 24.2 Å². The lowest BCUT2D eigenvalue weighted by Crippen LogP contribution is -2.48. The quantitative estimate of drug-likeness (QED) is 0.711. The van der Waals surface area contributed by atoms with Gasteiger partial charge in [0.1, 0.15) is 0 Å². The van der Waals surface area contributed by atoms with Crippen molar-refractivity contribution in [2.45, 2.75) is 29.8 Å². The molecule has 1 heterocycles. The molecule has 9 heteroatoms. The van der Waals surface area contributed by atoms with E-state index in [-0.39, 0.29) is 28.9 Å². The van der Waals surface area contributed by atoms with Crippen LogP contribution in [0.1, 0.15) is 23.2 Å². The van der Waals surface area contributed by atoms with Gasteiger partial charge >= 0.3 is 12.0 Å². The third-order valence-electron chi connectivity index (χ3n) is 5.70. The number of hydrogen-bond acceptors (Lipinski definition) is 5. The molecule has 4 rings (SSSR count). The molecule has 8 nitrogen and oxygen atoms in total. The van der Waals surface area contributed by atoms with Crippen molar-refractivity contribution in [1.29, 1.82) is 0 Å². The predicted molar refractivity (Wildman–Crippen MR) is 111 cm³/mol. The zero-order valence-electron chi connectivity index (χ0n) is 16.4. The lowest BCUT2D eigenvalue weighted by atomic mass is 10.0. The van der Waals surface area contributed by atoms with Crippen molar-refractivity contribution in [3.05, 3.63) is 60.2 Å². The summed E-state index contributed by atoms with van der Waals surface area (Å²) in [5.41, 5.74) is 0.862. The number of piperidine rings is 1. The Balaban J connectivity index is 1.38. The van der Waals surface area contributed by atoms with Gasteiger partial charge in [-0.05, 0) is 49.1 Å². The van der Waals surface area contributed by atoms with Crippen LogP contribution in [0.3, 0.4) is 0 Å². The van der Waals surface area contributed by atoms with Crippen LogP contribution in [0.4, 0.5) is 10.5 Å². The first kappa shape index (κ1) is 20.4. The van der Waals surface area contributed by atoms with Gasteiger partial charge in [-0.2, -0.15) is 0 Å². The van der Waals surface area contributed by atoms with Crippen molar-refractivity contribution in [2.24, 2.45) is 5.92 Å². The van der Waals surface area contributed by atoms with Crippen molar-refractivity contribution in [1.82, 2.24) is 9.62 Å². The van der Waals surface area contributed by atoms with E-state index < -0.39 is 16.0 Å². The number of methoxy groups -OCH3 is 1. The number of hydrogen-bond donors (Lipinski definition) is 2. The normalized spacial score (nSPS) is 22.7. The van der Waals surface area contributed by atoms with Gasteiger partial charge in [0.15, 0.2) is 0 Å². The molecule has 2 aliphatic rings. The summed E-state index contributed by atoms with van der Waals surface area (Å²) in [6.45, 7) is 0.481. The van der Waals surface area contributed by atoms with E-state index in [1.807, 2.05) is 0 Å². The second-order valence-electron chi connectivity index (χ2n) is 7.58. The maximum absolute atomic E-state index is 12.7. The second kappa shape index (κ2) is 8.08. The second-order valence-corrected chi connectivity index (χ2v) is 9.30. The fourth-order valence-corrected chi connectivity index (χ4v) is 5.59. The molecule has 2 aromatic carbocycles. The van der Waals surface area contributed by atoms with Gasteiger partial charge in [-0.25, -0.2) is 22.7 Å². The van der Waals surface area contributed by atoms with E-state index in [0.717, 1.165) is 6.42 Å². The molecule has 0 radical (unpaired) electrons. The van der Waals surface area contributed by atoms with Gasteiger partial charge in [-0.15, -0.1) is 0 Å². The Morgan fingerprint density at radius 3 is 2.50 bits per heavy atom. The number of nitrogens with zero attached hydrogens (tertiary/aromatic N) is 1. The average Bonchev–Trinajstić information content (AvgIpc) is 3.34. The van der Waals surface area contributed by atoms with Crippen molar-refractivity contribution >= 4 is 27.7 Å². The molecule has 2 N–H and O–H groups in total. The lowest BCUT2D eigenvalue weighted by molar-refractivity contribution is 0.0600. The van der Waals surface area contributed by atoms with Gasteiger partial charge in [-0.3, -0.25) is 0 Å². The minimum Gasteiger partial charge on any atom is -0.465 e. The summed E-state index contributed by atoms with van der Waals surface area (Å²) in [5.74, 6) is -0.402. The molecule has 158 valence electrons. The van der Waals surface area contributed by atoms with Gasteiger partial charge in [0.05, 0.1) is 17.6 Å². The SMILES string of the molecule is COC(=O)c1cccc(NC(=O)N2C[C@@H]3C[C@H]2C[C@@H]3NS(=O)(=O)c2ccccc2)c1. The van der Waals surface area contributed by atoms with Crippen LogP contribution >= 0.6 is 0 Å². The molecule has 0 spiro atoms. The molecule has 2 aromatic rings. The van der Waals surface area contributed by atoms with Crippen LogP contribution in [0.15, 0.2) is 59.5 Å². The Kier molecular flexibility index (Phi) is 5.48. The monoisotopic (exact) mass is 429 g/mol. The van der Waals surface area contributed by atoms with Crippen molar-refractivity contribution in [3.8, 4) is 0 Å². The third kappa shape index (κ3) is 4.03. The van der Waals surface area contributed by atoms with Gasteiger partial charge in [0.2, 0.25) is 10.0 Å². The number of nitrogens with one attached hydrogen (secondary N) is 2. The van der Waals surface area contributed by atoms with Crippen molar-refractivity contribution < 1.29 is 22.7 Å². The fraction of sp³-hybridized carbons (Fsp3) is 0.333. The molecule has 0 aromatic heterocycles. The van der Waals surface area contributed by atoms with Crippen LogP contribution in [0.25, 0.3) is 0 Å². The molecule has 1 aliphatic carbocycles. The molecule has 0 unspecified atom stereocenters. The standard InChI is InChI=1S/C21H23N3O5S/c1-29-20(25)14-6-5-7-16(10-14)22-21(26)24-13-15-11-17(24)12-19(15)23-30(27,28)18-8-3-2-4-9-18/h2-10,15,17,19,23H,11-13H2,1H3,(H,22,26)/t15-,17-,19-/m0/s1. The van der Waals surface area contributed by atoms with E-state index in [2.05, 4.69) is 10.0 Å². The van der Waals surface area contributed by atoms with E-state index in [1.165, 1.54) is 7.11 Å². The Labute approximate surface area is 175 Å². The minimum absolute atomic E-state index is 0.0257. The number of likely N-dealkylation sites (tertiary alicyclic amines) is 1. The largest absolute Gasteiger partial charge is 0.465 e. The van der Waals surface area contributed by atoms with Crippen LogP contribution < -0.4 is 10.0 Å². The zero-order chi connectivity index (χ0) is 21.3. The Morgan fingerprint density at radius 1 is 1.07 bits per heavy atom. The van der Waals surface area contributed by atoms with Crippen LogP contribution in [0, 0.1) is 5.92 Å². The summed E-state index contributed by atoms with van der Waals surface area (Å²) in [4.78, 5) is 26.4. The number of benzene rings is 2. The van der Waals surface area contributed by atoms with Gasteiger partial charge in [-0.1, -0.05) is 24.3 Å². The van der Waals surface area contributed by atoms with Crippen molar-refractivity contribution in [3.63, 3.8) is 0 Å². The number of carbonyl (C=O) groups excluding carboxylic acids is 2. The highest BCUT2D eigenvalue weighted by Gasteiger charge is 2.47. The number of anilines is 1. The van der Waals surface area contributed by atoms with Crippen LogP contribution in [-0.4, -0.2) is 51.1 Å². The summed E-state index contributed by atoms with van der Waals surface area (Å²) in [5, 5.41) is 2.82. The van der Waals surface area contributed by atoms with Crippen molar-refractivity contribution in [2.75, 3.05) is 19.0 Å². The molecule has 1 saturated carbocycles. The van der Waals surface area contributed by atoms with E-state index in [4.69, 9.17) is 4.74 Å². The Bertz CT molecular complexity index is 1060. The van der Waals surface area contributed by atoms with Crippen LogP contribution in [0.5, 0.6) is 0 Å². The first-order valence-electron chi connectivity index (χ1n) is 9.71. The van der Waals surface area contributed by atoms with E-state index in [1.54, 1.807) is 59.5 Å². The van der Waals surface area contributed by atoms with Gasteiger partial charge in [0.25, 0.3) is 0 Å². The highest BCUT2D eigenvalue weighted by atomic mass is 32.2. The third-order valence-corrected chi connectivity index (χ3v) is 7.20. The molecular formula is C21H23N3O5S. The Hall–Kier alpha value is -2.91. The maximum atomic E-state index is 12.7. The topological polar surface area (TPSA) is 105 Å². The first-order valence-corrected chi connectivity index (χ1v) is 11.2. The highest BCUT2D eigenvalue weighted by Crippen LogP contribution is 2.38. The fourth-order valence-electron chi connectivity index (χ4n) is 4.25. The molecule has 30 heavy (non-hydrogen) atoms. The Morgan fingerprint density at radius 2 is 1.83 bits per heavy atom. The van der Waals surface area contributed by atoms with Gasteiger partial charge < -0.3 is 15.0 Å². The number of urea groups is 1. The number of ether oxygens (including phenoxy) is 1.